The van der Waals surface area contributed by atoms with E-state index in [4.69, 9.17) is 4.74 Å². The highest BCUT2D eigenvalue weighted by Crippen LogP contribution is 2.30. The highest BCUT2D eigenvalue weighted by atomic mass is 28.3. The molecule has 1 atom stereocenters. The van der Waals surface area contributed by atoms with Crippen molar-refractivity contribution in [2.75, 3.05) is 6.61 Å². The zero-order valence-corrected chi connectivity index (χ0v) is 14.6. The first-order valence-electron chi connectivity index (χ1n) is 7.81. The maximum atomic E-state index is 12.1. The van der Waals surface area contributed by atoms with Crippen LogP contribution in [0.2, 0.25) is 13.1 Å². The smallest absolute Gasteiger partial charge is 0.306 e. The number of rotatable bonds is 6. The summed E-state index contributed by atoms with van der Waals surface area (Å²) >= 11 is 0. The maximum absolute atomic E-state index is 12.1. The molecule has 0 spiro atoms. The topological polar surface area (TPSA) is 26.3 Å². The van der Waals surface area contributed by atoms with Crippen molar-refractivity contribution in [1.82, 2.24) is 0 Å². The molecule has 0 saturated heterocycles. The molecule has 0 bridgehead atoms. The molecule has 0 aliphatic carbocycles. The number of carbonyl (C=O) groups is 1. The first kappa shape index (κ1) is 16.5. The molecule has 2 aromatic carbocycles. The number of hydrogen-bond donors (Lipinski definition) is 0. The Morgan fingerprint density at radius 2 is 1.55 bits per heavy atom. The average molecular weight is 312 g/mol. The second-order valence-corrected chi connectivity index (χ2v) is 10.8. The van der Waals surface area contributed by atoms with E-state index in [1.54, 1.807) is 0 Å². The molecule has 1 unspecified atom stereocenters. The molecule has 0 saturated carbocycles. The lowest BCUT2D eigenvalue weighted by Gasteiger charge is -2.33. The molecule has 0 aromatic heterocycles. The third-order valence-electron chi connectivity index (χ3n) is 4.27. The van der Waals surface area contributed by atoms with Crippen molar-refractivity contribution in [3.8, 4) is 0 Å². The molecular weight excluding hydrogens is 288 g/mol. The van der Waals surface area contributed by atoms with Gasteiger partial charge in [0.05, 0.1) is 21.1 Å². The lowest BCUT2D eigenvalue weighted by atomic mass is 10.1. The molecule has 0 radical (unpaired) electrons. The molecule has 2 rings (SSSR count). The molecular formula is C19H24O2Si. The van der Waals surface area contributed by atoms with Gasteiger partial charge in [0, 0.05) is 0 Å². The van der Waals surface area contributed by atoms with Crippen molar-refractivity contribution in [2.24, 2.45) is 0 Å². The first-order chi connectivity index (χ1) is 10.6. The van der Waals surface area contributed by atoms with Crippen LogP contribution in [0.4, 0.5) is 0 Å². The van der Waals surface area contributed by atoms with E-state index in [2.05, 4.69) is 49.5 Å². The number of esters is 1. The van der Waals surface area contributed by atoms with Crippen LogP contribution in [-0.2, 0) is 9.53 Å². The van der Waals surface area contributed by atoms with Crippen LogP contribution in [0.3, 0.4) is 0 Å². The highest BCUT2D eigenvalue weighted by molar-refractivity contribution is 6.91. The van der Waals surface area contributed by atoms with Crippen LogP contribution in [0.1, 0.15) is 24.4 Å². The van der Waals surface area contributed by atoms with Crippen molar-refractivity contribution in [1.29, 1.82) is 0 Å². The SMILES string of the molecule is CCOC(=O)CC(c1ccccc1)[Si](C)(C)c1ccccc1. The molecule has 0 aliphatic rings. The van der Waals surface area contributed by atoms with Crippen LogP contribution in [0.25, 0.3) is 0 Å². The lowest BCUT2D eigenvalue weighted by molar-refractivity contribution is -0.143. The standard InChI is InChI=1S/C19H24O2Si/c1-4-21-19(20)15-18(16-11-7-5-8-12-16)22(2,3)17-13-9-6-10-14-17/h5-14,18H,4,15H2,1-3H3. The monoisotopic (exact) mass is 312 g/mol. The van der Waals surface area contributed by atoms with Gasteiger partial charge in [0.2, 0.25) is 0 Å². The Balaban J connectivity index is 2.37. The number of carbonyl (C=O) groups excluding carboxylic acids is 1. The van der Waals surface area contributed by atoms with Crippen LogP contribution in [-0.4, -0.2) is 20.7 Å². The van der Waals surface area contributed by atoms with Gasteiger partial charge in [-0.05, 0) is 18.0 Å². The minimum atomic E-state index is -1.84. The van der Waals surface area contributed by atoms with Gasteiger partial charge in [-0.3, -0.25) is 4.79 Å². The van der Waals surface area contributed by atoms with Crippen molar-refractivity contribution in [3.63, 3.8) is 0 Å². The minimum Gasteiger partial charge on any atom is -0.466 e. The summed E-state index contributed by atoms with van der Waals surface area (Å²) in [5.74, 6) is -0.104. The van der Waals surface area contributed by atoms with Gasteiger partial charge in [0.1, 0.15) is 0 Å². The summed E-state index contributed by atoms with van der Waals surface area (Å²) in [6.07, 6.45) is 0.450. The van der Waals surface area contributed by atoms with Gasteiger partial charge in [0.25, 0.3) is 0 Å². The largest absolute Gasteiger partial charge is 0.466 e. The Morgan fingerprint density at radius 1 is 1.00 bits per heavy atom. The molecule has 0 aliphatic heterocycles. The molecule has 116 valence electrons. The normalized spacial score (nSPS) is 12.7. The summed E-state index contributed by atoms with van der Waals surface area (Å²) in [7, 11) is -1.84. The summed E-state index contributed by atoms with van der Waals surface area (Å²) in [4.78, 5) is 12.1. The second kappa shape index (κ2) is 7.41. The van der Waals surface area contributed by atoms with Crippen LogP contribution >= 0.6 is 0 Å². The van der Waals surface area contributed by atoms with Crippen LogP contribution in [0, 0.1) is 0 Å². The highest BCUT2D eigenvalue weighted by Gasteiger charge is 2.36. The van der Waals surface area contributed by atoms with Gasteiger partial charge in [0.15, 0.2) is 0 Å². The number of hydrogen-bond acceptors (Lipinski definition) is 2. The van der Waals surface area contributed by atoms with E-state index in [0.717, 1.165) is 0 Å². The summed E-state index contributed by atoms with van der Waals surface area (Å²) in [5, 5.41) is 1.37. The quantitative estimate of drug-likeness (QED) is 0.598. The fourth-order valence-corrected chi connectivity index (χ4v) is 6.09. The fourth-order valence-electron chi connectivity index (χ4n) is 2.93. The maximum Gasteiger partial charge on any atom is 0.306 e. The van der Waals surface area contributed by atoms with Gasteiger partial charge in [-0.15, -0.1) is 0 Å². The first-order valence-corrected chi connectivity index (χ1v) is 10.9. The van der Waals surface area contributed by atoms with Crippen molar-refractivity contribution in [3.05, 3.63) is 66.2 Å². The molecule has 0 heterocycles. The molecule has 3 heteroatoms. The number of ether oxygens (including phenoxy) is 1. The van der Waals surface area contributed by atoms with Gasteiger partial charge >= 0.3 is 5.97 Å². The minimum absolute atomic E-state index is 0.104. The van der Waals surface area contributed by atoms with Gasteiger partial charge in [-0.2, -0.15) is 0 Å². The predicted octanol–water partition coefficient (Wildman–Crippen LogP) is 3.88. The Bertz CT molecular complexity index is 593. The van der Waals surface area contributed by atoms with Crippen LogP contribution < -0.4 is 5.19 Å². The zero-order valence-electron chi connectivity index (χ0n) is 13.6. The summed E-state index contributed by atoms with van der Waals surface area (Å²) in [6, 6.07) is 20.9. The van der Waals surface area contributed by atoms with Crippen molar-refractivity contribution >= 4 is 19.2 Å². The van der Waals surface area contributed by atoms with Gasteiger partial charge < -0.3 is 4.74 Å². The molecule has 0 fully saturated rings. The lowest BCUT2D eigenvalue weighted by Crippen LogP contribution is -2.48. The molecule has 0 N–H and O–H groups in total. The van der Waals surface area contributed by atoms with Gasteiger partial charge in [-0.1, -0.05) is 78.9 Å². The Hall–Kier alpha value is -1.87. The van der Waals surface area contributed by atoms with E-state index < -0.39 is 8.07 Å². The Morgan fingerprint density at radius 3 is 2.09 bits per heavy atom. The second-order valence-electron chi connectivity index (χ2n) is 6.06. The summed E-state index contributed by atoms with van der Waals surface area (Å²) in [6.45, 7) is 6.96. The average Bonchev–Trinajstić information content (AvgIpc) is 2.54. The van der Waals surface area contributed by atoms with E-state index in [9.17, 15) is 4.79 Å². The van der Waals surface area contributed by atoms with E-state index in [1.165, 1.54) is 10.8 Å². The molecule has 22 heavy (non-hydrogen) atoms. The predicted molar refractivity (Wildman–Crippen MR) is 94.0 cm³/mol. The molecule has 0 amide bonds. The van der Waals surface area contributed by atoms with E-state index >= 15 is 0 Å². The van der Waals surface area contributed by atoms with Crippen molar-refractivity contribution in [2.45, 2.75) is 32.0 Å². The summed E-state index contributed by atoms with van der Waals surface area (Å²) in [5.41, 5.74) is 1.45. The van der Waals surface area contributed by atoms with Crippen LogP contribution in [0.15, 0.2) is 60.7 Å². The number of benzene rings is 2. The van der Waals surface area contributed by atoms with Crippen molar-refractivity contribution < 1.29 is 9.53 Å². The molecule has 2 nitrogen and oxygen atoms in total. The van der Waals surface area contributed by atoms with E-state index in [1.807, 2.05) is 31.2 Å². The van der Waals surface area contributed by atoms with Gasteiger partial charge in [-0.25, -0.2) is 0 Å². The van der Waals surface area contributed by atoms with E-state index in [0.29, 0.717) is 13.0 Å². The fraction of sp³-hybridized carbons (Fsp3) is 0.316. The zero-order chi connectivity index (χ0) is 16.0. The Kier molecular flexibility index (Phi) is 5.55. The third-order valence-corrected chi connectivity index (χ3v) is 8.37. The van der Waals surface area contributed by atoms with Crippen LogP contribution in [0.5, 0.6) is 0 Å². The third kappa shape index (κ3) is 3.86. The van der Waals surface area contributed by atoms with E-state index in [-0.39, 0.29) is 11.5 Å². The summed E-state index contributed by atoms with van der Waals surface area (Å²) < 4.78 is 5.21. The Labute approximate surface area is 134 Å². The molecule has 2 aromatic rings.